The van der Waals surface area contributed by atoms with Crippen molar-refractivity contribution < 1.29 is 4.79 Å². The van der Waals surface area contributed by atoms with E-state index < -0.39 is 0 Å². The fraction of sp³-hybridized carbons (Fsp3) is 0.174. The number of benzene rings is 3. The molecule has 3 aromatic carbocycles. The van der Waals surface area contributed by atoms with Crippen molar-refractivity contribution in [3.05, 3.63) is 107 Å². The molecule has 2 atom stereocenters. The van der Waals surface area contributed by atoms with Gasteiger partial charge in [-0.1, -0.05) is 84.9 Å². The van der Waals surface area contributed by atoms with E-state index in [0.717, 1.165) is 17.7 Å². The average molecular weight is 344 g/mol. The summed E-state index contributed by atoms with van der Waals surface area (Å²) in [5.74, 6) is 1.24. The molecule has 0 saturated heterocycles. The quantitative estimate of drug-likeness (QED) is 0.589. The molecule has 0 unspecified atom stereocenters. The van der Waals surface area contributed by atoms with Crippen LogP contribution in [0.1, 0.15) is 32.3 Å². The number of rotatable bonds is 5. The van der Waals surface area contributed by atoms with Crippen LogP contribution in [-0.4, -0.2) is 5.78 Å². The zero-order chi connectivity index (χ0) is 17.1. The maximum absolute atomic E-state index is 13.0. The second-order valence-corrected chi connectivity index (χ2v) is 7.59. The maximum Gasteiger partial charge on any atom is 0.168 e. The van der Waals surface area contributed by atoms with E-state index in [1.54, 1.807) is 0 Å². The standard InChI is InChI=1S/C23H20OS/c24-22-20-14-8-7-13-19(20)15-21(22)23(18-11-5-2-6-12-18)25-16-17-9-3-1-4-10-17/h1-14,21,23H,15-16H2/t21-,23+/m1/s1. The van der Waals surface area contributed by atoms with Gasteiger partial charge in [-0.05, 0) is 23.1 Å². The molecular formula is C23H20OS. The molecule has 0 heterocycles. The second-order valence-electron chi connectivity index (χ2n) is 6.46. The van der Waals surface area contributed by atoms with Crippen molar-refractivity contribution in [2.75, 3.05) is 0 Å². The first-order valence-electron chi connectivity index (χ1n) is 8.65. The summed E-state index contributed by atoms with van der Waals surface area (Å²) in [6, 6.07) is 29.0. The number of ketones is 1. The van der Waals surface area contributed by atoms with Crippen LogP contribution in [-0.2, 0) is 12.2 Å². The molecule has 0 bridgehead atoms. The molecule has 0 spiro atoms. The minimum absolute atomic E-state index is 0.0218. The third-order valence-electron chi connectivity index (χ3n) is 4.83. The van der Waals surface area contributed by atoms with Crippen LogP contribution in [0.4, 0.5) is 0 Å². The normalized spacial score (nSPS) is 17.3. The summed E-state index contributed by atoms with van der Waals surface area (Å²) in [5, 5.41) is 0.182. The first-order chi connectivity index (χ1) is 12.3. The predicted molar refractivity (Wildman–Crippen MR) is 105 cm³/mol. The summed E-state index contributed by atoms with van der Waals surface area (Å²) in [6.45, 7) is 0. The van der Waals surface area contributed by atoms with Gasteiger partial charge in [0.25, 0.3) is 0 Å². The van der Waals surface area contributed by atoms with E-state index in [-0.39, 0.29) is 11.2 Å². The van der Waals surface area contributed by atoms with Crippen molar-refractivity contribution in [2.45, 2.75) is 17.4 Å². The van der Waals surface area contributed by atoms with Gasteiger partial charge >= 0.3 is 0 Å². The van der Waals surface area contributed by atoms with Gasteiger partial charge in [0.2, 0.25) is 0 Å². The molecule has 124 valence electrons. The van der Waals surface area contributed by atoms with Gasteiger partial charge in [-0.25, -0.2) is 0 Å². The van der Waals surface area contributed by atoms with Crippen molar-refractivity contribution in [1.29, 1.82) is 0 Å². The largest absolute Gasteiger partial charge is 0.294 e. The highest BCUT2D eigenvalue weighted by atomic mass is 32.2. The lowest BCUT2D eigenvalue weighted by molar-refractivity contribution is 0.0934. The number of thioether (sulfide) groups is 1. The fourth-order valence-electron chi connectivity index (χ4n) is 3.56. The number of carbonyl (C=O) groups excluding carboxylic acids is 1. The SMILES string of the molecule is O=C1c2ccccc2C[C@H]1[C@@H](SCc1ccccc1)c1ccccc1. The molecule has 1 aliphatic carbocycles. The van der Waals surface area contributed by atoms with Gasteiger partial charge in [0.1, 0.15) is 0 Å². The molecule has 0 saturated carbocycles. The van der Waals surface area contributed by atoms with Gasteiger partial charge in [0.05, 0.1) is 0 Å². The number of hydrogen-bond acceptors (Lipinski definition) is 2. The summed E-state index contributed by atoms with van der Waals surface area (Å²) in [7, 11) is 0. The smallest absolute Gasteiger partial charge is 0.168 e. The molecule has 0 aliphatic heterocycles. The van der Waals surface area contributed by atoms with Crippen molar-refractivity contribution >= 4 is 17.5 Å². The Morgan fingerprint density at radius 3 is 2.20 bits per heavy atom. The highest BCUT2D eigenvalue weighted by molar-refractivity contribution is 7.98. The van der Waals surface area contributed by atoms with E-state index in [1.807, 2.05) is 42.1 Å². The van der Waals surface area contributed by atoms with Crippen molar-refractivity contribution in [3.63, 3.8) is 0 Å². The van der Waals surface area contributed by atoms with Gasteiger partial charge in [-0.15, -0.1) is 11.8 Å². The van der Waals surface area contributed by atoms with Crippen molar-refractivity contribution in [3.8, 4) is 0 Å². The molecule has 0 fully saturated rings. The molecule has 1 aliphatic rings. The second kappa shape index (κ2) is 7.28. The molecule has 2 heteroatoms. The summed E-state index contributed by atoms with van der Waals surface area (Å²) in [4.78, 5) is 13.0. The summed E-state index contributed by atoms with van der Waals surface area (Å²) in [6.07, 6.45) is 0.844. The summed E-state index contributed by atoms with van der Waals surface area (Å²) in [5.41, 5.74) is 4.65. The van der Waals surface area contributed by atoms with Crippen LogP contribution < -0.4 is 0 Å². The Bertz CT molecular complexity index is 858. The third-order valence-corrected chi connectivity index (χ3v) is 6.29. The molecule has 0 amide bonds. The van der Waals surface area contributed by atoms with Crippen LogP contribution in [0, 0.1) is 5.92 Å². The Morgan fingerprint density at radius 1 is 0.840 bits per heavy atom. The predicted octanol–water partition coefficient (Wildman–Crippen LogP) is 5.72. The maximum atomic E-state index is 13.0. The van der Waals surface area contributed by atoms with Crippen LogP contribution in [0.2, 0.25) is 0 Å². The number of carbonyl (C=O) groups is 1. The zero-order valence-electron chi connectivity index (χ0n) is 14.0. The van der Waals surface area contributed by atoms with E-state index in [0.29, 0.717) is 5.78 Å². The van der Waals surface area contributed by atoms with Crippen LogP contribution in [0.3, 0.4) is 0 Å². The Balaban J connectivity index is 1.61. The first kappa shape index (κ1) is 16.2. The molecule has 0 aromatic heterocycles. The average Bonchev–Trinajstić information content (AvgIpc) is 3.01. The van der Waals surface area contributed by atoms with Gasteiger partial charge < -0.3 is 0 Å². The zero-order valence-corrected chi connectivity index (χ0v) is 14.8. The molecule has 0 radical (unpaired) electrons. The highest BCUT2D eigenvalue weighted by Crippen LogP contribution is 2.44. The fourth-order valence-corrected chi connectivity index (χ4v) is 4.93. The number of Topliss-reactive ketones (excluding diaryl/α,β-unsaturated/α-hetero) is 1. The van der Waals surface area contributed by atoms with E-state index in [1.165, 1.54) is 16.7 Å². The lowest BCUT2D eigenvalue weighted by atomic mass is 9.95. The van der Waals surface area contributed by atoms with E-state index in [2.05, 4.69) is 54.6 Å². The summed E-state index contributed by atoms with van der Waals surface area (Å²) >= 11 is 1.88. The van der Waals surface area contributed by atoms with E-state index >= 15 is 0 Å². The molecule has 1 nitrogen and oxygen atoms in total. The lowest BCUT2D eigenvalue weighted by Crippen LogP contribution is -2.17. The van der Waals surface area contributed by atoms with Crippen molar-refractivity contribution in [2.24, 2.45) is 5.92 Å². The highest BCUT2D eigenvalue weighted by Gasteiger charge is 2.36. The summed E-state index contributed by atoms with van der Waals surface area (Å²) < 4.78 is 0. The topological polar surface area (TPSA) is 17.1 Å². The van der Waals surface area contributed by atoms with Crippen LogP contribution in [0.15, 0.2) is 84.9 Å². The first-order valence-corrected chi connectivity index (χ1v) is 9.70. The van der Waals surface area contributed by atoms with Gasteiger partial charge in [-0.2, -0.15) is 0 Å². The lowest BCUT2D eigenvalue weighted by Gasteiger charge is -2.22. The Kier molecular flexibility index (Phi) is 4.71. The molecular weight excluding hydrogens is 324 g/mol. The monoisotopic (exact) mass is 344 g/mol. The Hall–Kier alpha value is -2.32. The van der Waals surface area contributed by atoms with Crippen LogP contribution in [0.5, 0.6) is 0 Å². The molecule has 0 N–H and O–H groups in total. The molecule has 4 rings (SSSR count). The van der Waals surface area contributed by atoms with Gasteiger partial charge in [0.15, 0.2) is 5.78 Å². The van der Waals surface area contributed by atoms with E-state index in [9.17, 15) is 4.79 Å². The van der Waals surface area contributed by atoms with Crippen LogP contribution in [0.25, 0.3) is 0 Å². The van der Waals surface area contributed by atoms with Gasteiger partial charge in [-0.3, -0.25) is 4.79 Å². The molecule has 3 aromatic rings. The van der Waals surface area contributed by atoms with E-state index in [4.69, 9.17) is 0 Å². The number of fused-ring (bicyclic) bond motifs is 1. The van der Waals surface area contributed by atoms with Crippen molar-refractivity contribution in [1.82, 2.24) is 0 Å². The minimum Gasteiger partial charge on any atom is -0.294 e. The minimum atomic E-state index is 0.0218. The Morgan fingerprint density at radius 2 is 1.48 bits per heavy atom. The third kappa shape index (κ3) is 3.40. The van der Waals surface area contributed by atoms with Crippen LogP contribution >= 0.6 is 11.8 Å². The molecule has 25 heavy (non-hydrogen) atoms. The Labute approximate surface area is 153 Å². The van der Waals surface area contributed by atoms with Gasteiger partial charge in [0, 0.05) is 22.5 Å². The number of hydrogen-bond donors (Lipinski definition) is 0.